The Labute approximate surface area is 113 Å². The third-order valence-corrected chi connectivity index (χ3v) is 3.80. The average molecular weight is 269 g/mol. The number of likely N-dealkylation sites (tertiary alicyclic amines) is 1. The maximum atomic E-state index is 11.8. The van der Waals surface area contributed by atoms with Crippen LogP contribution >= 0.6 is 0 Å². The highest BCUT2D eigenvalue weighted by atomic mass is 16.5. The van der Waals surface area contributed by atoms with E-state index in [4.69, 9.17) is 10.5 Å². The molecule has 19 heavy (non-hydrogen) atoms. The molecule has 2 aliphatic rings. The molecule has 0 aromatic carbocycles. The first-order chi connectivity index (χ1) is 8.95. The van der Waals surface area contributed by atoms with Crippen molar-refractivity contribution in [3.8, 4) is 0 Å². The molecule has 0 saturated carbocycles. The third kappa shape index (κ3) is 3.67. The zero-order valence-corrected chi connectivity index (χ0v) is 11.7. The standard InChI is InChI=1S/C13H23N3O3/c1-9-6-15(7-10(2)19-9)3-4-16-8-11(13(14)18)5-12(16)17/h9-11H,3-8H2,1-2H3,(H2,14,18)/t9-,10+,11?. The molecule has 0 radical (unpaired) electrons. The monoisotopic (exact) mass is 269 g/mol. The molecule has 0 aromatic heterocycles. The third-order valence-electron chi connectivity index (χ3n) is 3.80. The number of primary amides is 1. The Morgan fingerprint density at radius 1 is 1.26 bits per heavy atom. The number of carbonyl (C=O) groups is 2. The minimum absolute atomic E-state index is 0.0400. The van der Waals surface area contributed by atoms with E-state index in [1.165, 1.54) is 0 Å². The van der Waals surface area contributed by atoms with Crippen LogP contribution in [0.15, 0.2) is 0 Å². The highest BCUT2D eigenvalue weighted by Crippen LogP contribution is 2.17. The molecule has 108 valence electrons. The summed E-state index contributed by atoms with van der Waals surface area (Å²) in [7, 11) is 0. The van der Waals surface area contributed by atoms with E-state index in [9.17, 15) is 9.59 Å². The molecule has 0 spiro atoms. The summed E-state index contributed by atoms with van der Waals surface area (Å²) in [5.74, 6) is -0.641. The molecule has 6 nitrogen and oxygen atoms in total. The van der Waals surface area contributed by atoms with E-state index >= 15 is 0 Å². The molecule has 2 saturated heterocycles. The van der Waals surface area contributed by atoms with Gasteiger partial charge in [-0.2, -0.15) is 0 Å². The zero-order valence-electron chi connectivity index (χ0n) is 11.7. The lowest BCUT2D eigenvalue weighted by atomic mass is 10.1. The van der Waals surface area contributed by atoms with Crippen LogP contribution in [-0.4, -0.2) is 66.5 Å². The van der Waals surface area contributed by atoms with Crippen molar-refractivity contribution in [2.45, 2.75) is 32.5 Å². The van der Waals surface area contributed by atoms with Crippen molar-refractivity contribution in [2.75, 3.05) is 32.7 Å². The van der Waals surface area contributed by atoms with Gasteiger partial charge in [0, 0.05) is 39.1 Å². The Morgan fingerprint density at radius 2 is 1.89 bits per heavy atom. The normalized spacial score (nSPS) is 32.8. The van der Waals surface area contributed by atoms with Gasteiger partial charge < -0.3 is 15.4 Å². The number of amides is 2. The van der Waals surface area contributed by atoms with E-state index in [2.05, 4.69) is 18.7 Å². The van der Waals surface area contributed by atoms with Gasteiger partial charge in [-0.25, -0.2) is 0 Å². The maximum absolute atomic E-state index is 11.8. The fourth-order valence-electron chi connectivity index (χ4n) is 2.91. The fourth-order valence-corrected chi connectivity index (χ4v) is 2.91. The molecule has 2 fully saturated rings. The highest BCUT2D eigenvalue weighted by molar-refractivity contribution is 5.88. The molecule has 0 bridgehead atoms. The summed E-state index contributed by atoms with van der Waals surface area (Å²) in [5, 5.41) is 0. The first kappa shape index (κ1) is 14.3. The molecule has 0 aliphatic carbocycles. The van der Waals surface area contributed by atoms with Crippen LogP contribution in [-0.2, 0) is 14.3 Å². The predicted octanol–water partition coefficient (Wildman–Crippen LogP) is -0.571. The van der Waals surface area contributed by atoms with Gasteiger partial charge in [0.05, 0.1) is 18.1 Å². The van der Waals surface area contributed by atoms with Crippen LogP contribution in [0.3, 0.4) is 0 Å². The van der Waals surface area contributed by atoms with Gasteiger partial charge in [-0.05, 0) is 13.8 Å². The second-order valence-corrected chi connectivity index (χ2v) is 5.66. The molecule has 3 atom stereocenters. The van der Waals surface area contributed by atoms with Gasteiger partial charge >= 0.3 is 0 Å². The van der Waals surface area contributed by atoms with Crippen molar-refractivity contribution >= 4 is 11.8 Å². The SMILES string of the molecule is C[C@@H]1CN(CCN2CC(C(N)=O)CC2=O)C[C@H](C)O1. The molecule has 0 aromatic rings. The van der Waals surface area contributed by atoms with Gasteiger partial charge in [0.15, 0.2) is 0 Å². The summed E-state index contributed by atoms with van der Waals surface area (Å²) in [6, 6.07) is 0. The Kier molecular flexibility index (Phi) is 4.42. The number of hydrogen-bond acceptors (Lipinski definition) is 4. The second kappa shape index (κ2) is 5.88. The Balaban J connectivity index is 1.79. The lowest BCUT2D eigenvalue weighted by Gasteiger charge is -2.36. The molecule has 2 rings (SSSR count). The Hall–Kier alpha value is -1.14. The van der Waals surface area contributed by atoms with Crippen molar-refractivity contribution in [3.63, 3.8) is 0 Å². The van der Waals surface area contributed by atoms with Crippen LogP contribution in [0, 0.1) is 5.92 Å². The van der Waals surface area contributed by atoms with Crippen molar-refractivity contribution < 1.29 is 14.3 Å². The predicted molar refractivity (Wildman–Crippen MR) is 70.3 cm³/mol. The van der Waals surface area contributed by atoms with Gasteiger partial charge in [-0.15, -0.1) is 0 Å². The number of morpholine rings is 1. The van der Waals surface area contributed by atoms with Gasteiger partial charge in [0.25, 0.3) is 0 Å². The molecule has 2 amide bonds. The first-order valence-corrected chi connectivity index (χ1v) is 6.90. The minimum Gasteiger partial charge on any atom is -0.373 e. The summed E-state index contributed by atoms with van der Waals surface area (Å²) < 4.78 is 5.67. The summed E-state index contributed by atoms with van der Waals surface area (Å²) in [6.45, 7) is 7.89. The van der Waals surface area contributed by atoms with Crippen molar-refractivity contribution in [1.29, 1.82) is 0 Å². The molecule has 6 heteroatoms. The van der Waals surface area contributed by atoms with Gasteiger partial charge in [-0.1, -0.05) is 0 Å². The van der Waals surface area contributed by atoms with E-state index in [-0.39, 0.29) is 36.4 Å². The van der Waals surface area contributed by atoms with Gasteiger partial charge in [0.1, 0.15) is 0 Å². The van der Waals surface area contributed by atoms with E-state index in [1.54, 1.807) is 4.90 Å². The molecule has 1 unspecified atom stereocenters. The highest BCUT2D eigenvalue weighted by Gasteiger charge is 2.33. The largest absolute Gasteiger partial charge is 0.373 e. The zero-order chi connectivity index (χ0) is 14.0. The molecular weight excluding hydrogens is 246 g/mol. The van der Waals surface area contributed by atoms with Crippen molar-refractivity contribution in [2.24, 2.45) is 11.7 Å². The lowest BCUT2D eigenvalue weighted by Crippen LogP contribution is -2.48. The van der Waals surface area contributed by atoms with Crippen LogP contribution < -0.4 is 5.73 Å². The van der Waals surface area contributed by atoms with E-state index < -0.39 is 0 Å². The van der Waals surface area contributed by atoms with Crippen molar-refractivity contribution in [3.05, 3.63) is 0 Å². The minimum atomic E-state index is -0.371. The molecule has 2 aliphatic heterocycles. The summed E-state index contributed by atoms with van der Waals surface area (Å²) in [5.41, 5.74) is 5.25. The summed E-state index contributed by atoms with van der Waals surface area (Å²) in [4.78, 5) is 26.9. The summed E-state index contributed by atoms with van der Waals surface area (Å²) in [6.07, 6.45) is 0.735. The van der Waals surface area contributed by atoms with Gasteiger partial charge in [-0.3, -0.25) is 14.5 Å². The van der Waals surface area contributed by atoms with Crippen LogP contribution in [0.4, 0.5) is 0 Å². The fraction of sp³-hybridized carbons (Fsp3) is 0.846. The van der Waals surface area contributed by atoms with E-state index in [0.29, 0.717) is 13.1 Å². The first-order valence-electron chi connectivity index (χ1n) is 6.90. The molecule has 2 N–H and O–H groups in total. The van der Waals surface area contributed by atoms with Crippen LogP contribution in [0.2, 0.25) is 0 Å². The van der Waals surface area contributed by atoms with Gasteiger partial charge in [0.2, 0.25) is 11.8 Å². The van der Waals surface area contributed by atoms with E-state index in [0.717, 1.165) is 19.6 Å². The maximum Gasteiger partial charge on any atom is 0.223 e. The number of hydrogen-bond donors (Lipinski definition) is 1. The molecule has 2 heterocycles. The topological polar surface area (TPSA) is 75.9 Å². The quantitative estimate of drug-likeness (QED) is 0.741. The number of nitrogens with zero attached hydrogens (tertiary/aromatic N) is 2. The smallest absolute Gasteiger partial charge is 0.223 e. The second-order valence-electron chi connectivity index (χ2n) is 5.66. The molecular formula is C13H23N3O3. The van der Waals surface area contributed by atoms with Crippen molar-refractivity contribution in [1.82, 2.24) is 9.80 Å². The average Bonchev–Trinajstić information content (AvgIpc) is 2.67. The lowest BCUT2D eigenvalue weighted by molar-refractivity contribution is -0.129. The van der Waals surface area contributed by atoms with Crippen LogP contribution in [0.1, 0.15) is 20.3 Å². The number of ether oxygens (including phenoxy) is 1. The Morgan fingerprint density at radius 3 is 2.42 bits per heavy atom. The Bertz CT molecular complexity index is 351. The summed E-state index contributed by atoms with van der Waals surface area (Å²) >= 11 is 0. The van der Waals surface area contributed by atoms with E-state index in [1.807, 2.05) is 0 Å². The van der Waals surface area contributed by atoms with Crippen LogP contribution in [0.25, 0.3) is 0 Å². The van der Waals surface area contributed by atoms with Crippen LogP contribution in [0.5, 0.6) is 0 Å². The number of carbonyl (C=O) groups excluding carboxylic acids is 2. The number of rotatable bonds is 4. The number of nitrogens with two attached hydrogens (primary N) is 1.